The van der Waals surface area contributed by atoms with E-state index in [2.05, 4.69) is 47.6 Å². The van der Waals surface area contributed by atoms with Crippen molar-refractivity contribution in [2.75, 3.05) is 11.5 Å². The van der Waals surface area contributed by atoms with Gasteiger partial charge in [-0.3, -0.25) is 0 Å². The van der Waals surface area contributed by atoms with Gasteiger partial charge in [0.15, 0.2) is 5.88 Å². The van der Waals surface area contributed by atoms with Crippen LogP contribution in [-0.4, -0.2) is 14.5 Å². The number of hydrogen-bond donors (Lipinski definition) is 2. The van der Waals surface area contributed by atoms with Crippen molar-refractivity contribution < 1.29 is 4.42 Å². The number of nitrogens with zero attached hydrogens (tertiary/aromatic N) is 3. The zero-order chi connectivity index (χ0) is 17.7. The van der Waals surface area contributed by atoms with Gasteiger partial charge < -0.3 is 20.5 Å². The molecule has 6 nitrogen and oxygen atoms in total. The molecule has 0 saturated heterocycles. The number of rotatable bonds is 3. The van der Waals surface area contributed by atoms with Gasteiger partial charge in [0.25, 0.3) is 0 Å². The van der Waals surface area contributed by atoms with Crippen molar-refractivity contribution in [3.05, 3.63) is 36.3 Å². The van der Waals surface area contributed by atoms with E-state index in [9.17, 15) is 0 Å². The number of aromatic nitrogens is 3. The van der Waals surface area contributed by atoms with Crippen LogP contribution in [0, 0.1) is 0 Å². The molecule has 1 aromatic carbocycles. The summed E-state index contributed by atoms with van der Waals surface area (Å²) in [5.74, 6) is 0.976. The Hall–Kier alpha value is -3.02. The van der Waals surface area contributed by atoms with E-state index in [1.807, 2.05) is 12.1 Å². The Morgan fingerprint density at radius 1 is 1.20 bits per heavy atom. The molecule has 25 heavy (non-hydrogen) atoms. The standard InChI is InChI=1S/C19H21N5O/c1-4-12-13-7-11(5-6-15(13)25-18(12)21)14-8-24(10(2)3)19-16(14)17(20)22-9-23-19/h5-10H,4,21H2,1-3H3,(H2,20,22,23). The molecular formula is C19H21N5O. The summed E-state index contributed by atoms with van der Waals surface area (Å²) >= 11 is 0. The summed E-state index contributed by atoms with van der Waals surface area (Å²) in [5.41, 5.74) is 16.9. The molecule has 0 unspecified atom stereocenters. The van der Waals surface area contributed by atoms with Gasteiger partial charge in [0.05, 0.1) is 5.39 Å². The lowest BCUT2D eigenvalue weighted by atomic mass is 10.0. The molecule has 3 heterocycles. The van der Waals surface area contributed by atoms with Gasteiger partial charge in [-0.25, -0.2) is 9.97 Å². The first-order chi connectivity index (χ1) is 12.0. The van der Waals surface area contributed by atoms with Crippen LogP contribution in [0.25, 0.3) is 33.1 Å². The largest absolute Gasteiger partial charge is 0.441 e. The summed E-state index contributed by atoms with van der Waals surface area (Å²) in [5, 5.41) is 1.92. The van der Waals surface area contributed by atoms with Crippen LogP contribution in [0.15, 0.2) is 35.1 Å². The first kappa shape index (κ1) is 15.5. The predicted octanol–water partition coefficient (Wildman–Crippen LogP) is 4.15. The molecule has 6 heteroatoms. The molecule has 0 aliphatic carbocycles. The van der Waals surface area contributed by atoms with E-state index in [0.717, 1.165) is 45.1 Å². The van der Waals surface area contributed by atoms with Gasteiger partial charge in [0.1, 0.15) is 23.4 Å². The third-order valence-corrected chi connectivity index (χ3v) is 4.68. The van der Waals surface area contributed by atoms with Gasteiger partial charge in [-0.2, -0.15) is 0 Å². The lowest BCUT2D eigenvalue weighted by Crippen LogP contribution is -2.00. The van der Waals surface area contributed by atoms with Crippen molar-refractivity contribution in [3.8, 4) is 11.1 Å². The highest BCUT2D eigenvalue weighted by atomic mass is 16.3. The predicted molar refractivity (Wildman–Crippen MR) is 101 cm³/mol. The van der Waals surface area contributed by atoms with E-state index < -0.39 is 0 Å². The zero-order valence-corrected chi connectivity index (χ0v) is 14.6. The molecule has 0 aliphatic rings. The molecule has 4 N–H and O–H groups in total. The van der Waals surface area contributed by atoms with Gasteiger partial charge in [0, 0.05) is 28.8 Å². The average Bonchev–Trinajstić information content (AvgIpc) is 3.12. The third-order valence-electron chi connectivity index (χ3n) is 4.68. The van der Waals surface area contributed by atoms with Crippen molar-refractivity contribution in [1.82, 2.24) is 14.5 Å². The van der Waals surface area contributed by atoms with Crippen LogP contribution >= 0.6 is 0 Å². The van der Waals surface area contributed by atoms with Crippen molar-refractivity contribution >= 4 is 33.7 Å². The molecule has 0 aliphatic heterocycles. The third kappa shape index (κ3) is 2.25. The Morgan fingerprint density at radius 2 is 2.00 bits per heavy atom. The quantitative estimate of drug-likeness (QED) is 0.586. The normalized spacial score (nSPS) is 11.8. The molecule has 4 aromatic rings. The molecule has 0 saturated carbocycles. The second-order valence-electron chi connectivity index (χ2n) is 6.51. The molecular weight excluding hydrogens is 314 g/mol. The Bertz CT molecular complexity index is 1090. The van der Waals surface area contributed by atoms with Gasteiger partial charge in [-0.15, -0.1) is 0 Å². The second-order valence-corrected chi connectivity index (χ2v) is 6.51. The lowest BCUT2D eigenvalue weighted by molar-refractivity contribution is 0.618. The maximum absolute atomic E-state index is 6.18. The van der Waals surface area contributed by atoms with E-state index in [4.69, 9.17) is 15.9 Å². The SMILES string of the molecule is CCc1c(N)oc2ccc(-c3cn(C(C)C)c4ncnc(N)c34)cc12. The highest BCUT2D eigenvalue weighted by Crippen LogP contribution is 2.37. The van der Waals surface area contributed by atoms with E-state index >= 15 is 0 Å². The summed E-state index contributed by atoms with van der Waals surface area (Å²) in [4.78, 5) is 8.62. The Labute approximate surface area is 145 Å². The number of hydrogen-bond acceptors (Lipinski definition) is 5. The highest BCUT2D eigenvalue weighted by molar-refractivity contribution is 6.02. The van der Waals surface area contributed by atoms with Crippen LogP contribution in [0.3, 0.4) is 0 Å². The number of anilines is 2. The molecule has 4 rings (SSSR count). The molecule has 128 valence electrons. The maximum atomic E-state index is 6.18. The molecule has 0 fully saturated rings. The molecule has 0 amide bonds. The molecule has 0 atom stereocenters. The summed E-state index contributed by atoms with van der Waals surface area (Å²) < 4.78 is 7.78. The van der Waals surface area contributed by atoms with Crippen LogP contribution in [0.1, 0.15) is 32.4 Å². The summed E-state index contributed by atoms with van der Waals surface area (Å²) in [6, 6.07) is 6.36. The minimum atomic E-state index is 0.269. The maximum Gasteiger partial charge on any atom is 0.194 e. The monoisotopic (exact) mass is 335 g/mol. The first-order valence-corrected chi connectivity index (χ1v) is 8.43. The van der Waals surface area contributed by atoms with Gasteiger partial charge in [-0.05, 0) is 38.0 Å². The average molecular weight is 335 g/mol. The molecule has 3 aromatic heterocycles. The Kier molecular flexibility index (Phi) is 3.42. The van der Waals surface area contributed by atoms with E-state index in [1.165, 1.54) is 6.33 Å². The molecule has 0 bridgehead atoms. The smallest absolute Gasteiger partial charge is 0.194 e. The van der Waals surface area contributed by atoms with Crippen molar-refractivity contribution in [2.45, 2.75) is 33.2 Å². The lowest BCUT2D eigenvalue weighted by Gasteiger charge is -2.07. The van der Waals surface area contributed by atoms with Gasteiger partial charge in [0.2, 0.25) is 0 Å². The van der Waals surface area contributed by atoms with E-state index in [0.29, 0.717) is 11.7 Å². The van der Waals surface area contributed by atoms with Crippen LogP contribution in [-0.2, 0) is 6.42 Å². The fourth-order valence-electron chi connectivity index (χ4n) is 3.42. The first-order valence-electron chi connectivity index (χ1n) is 8.43. The molecule has 0 spiro atoms. The van der Waals surface area contributed by atoms with E-state index in [-0.39, 0.29) is 6.04 Å². The number of nitrogen functional groups attached to an aromatic ring is 2. The van der Waals surface area contributed by atoms with Crippen LogP contribution in [0.4, 0.5) is 11.7 Å². The number of nitrogens with two attached hydrogens (primary N) is 2. The van der Waals surface area contributed by atoms with Crippen molar-refractivity contribution in [1.29, 1.82) is 0 Å². The zero-order valence-electron chi connectivity index (χ0n) is 14.6. The highest BCUT2D eigenvalue weighted by Gasteiger charge is 2.18. The van der Waals surface area contributed by atoms with Crippen LogP contribution in [0.2, 0.25) is 0 Å². The minimum Gasteiger partial charge on any atom is -0.441 e. The number of furan rings is 1. The second kappa shape index (κ2) is 5.51. The minimum absolute atomic E-state index is 0.269. The number of aryl methyl sites for hydroxylation is 1. The fourth-order valence-corrected chi connectivity index (χ4v) is 3.42. The van der Waals surface area contributed by atoms with Crippen molar-refractivity contribution in [3.63, 3.8) is 0 Å². The summed E-state index contributed by atoms with van der Waals surface area (Å²) in [6.07, 6.45) is 4.42. The van der Waals surface area contributed by atoms with Crippen molar-refractivity contribution in [2.24, 2.45) is 0 Å². The molecule has 0 radical (unpaired) electrons. The van der Waals surface area contributed by atoms with Gasteiger partial charge in [-0.1, -0.05) is 13.0 Å². The Morgan fingerprint density at radius 3 is 2.72 bits per heavy atom. The number of fused-ring (bicyclic) bond motifs is 2. The number of benzene rings is 1. The van der Waals surface area contributed by atoms with E-state index in [1.54, 1.807) is 0 Å². The van der Waals surface area contributed by atoms with Gasteiger partial charge >= 0.3 is 0 Å². The van der Waals surface area contributed by atoms with Crippen LogP contribution < -0.4 is 11.5 Å². The topological polar surface area (TPSA) is 95.9 Å². The Balaban J connectivity index is 2.03. The summed E-state index contributed by atoms with van der Waals surface area (Å²) in [6.45, 7) is 6.32. The fraction of sp³-hybridized carbons (Fsp3) is 0.263. The summed E-state index contributed by atoms with van der Waals surface area (Å²) in [7, 11) is 0. The van der Waals surface area contributed by atoms with Crippen LogP contribution in [0.5, 0.6) is 0 Å².